The van der Waals surface area contributed by atoms with Crippen molar-refractivity contribution in [1.29, 1.82) is 0 Å². The number of amides is 1. The molecule has 0 aliphatic carbocycles. The molecule has 0 radical (unpaired) electrons. The van der Waals surface area contributed by atoms with E-state index in [0.717, 1.165) is 4.90 Å². The summed E-state index contributed by atoms with van der Waals surface area (Å²) in [6, 6.07) is 8.40. The highest BCUT2D eigenvalue weighted by Gasteiger charge is 2.10. The van der Waals surface area contributed by atoms with Crippen molar-refractivity contribution in [1.82, 2.24) is 15.5 Å². The molecule has 6 nitrogen and oxygen atoms in total. The quantitative estimate of drug-likeness (QED) is 0.897. The zero-order valence-electron chi connectivity index (χ0n) is 11.5. The Balaban J connectivity index is 2.20. The van der Waals surface area contributed by atoms with Crippen LogP contribution in [0.3, 0.4) is 0 Å². The standard InChI is InChI=1S/C14H13N3O3S/c1-8-3-4-9(7-10(8)14(19)20)21-12-6-5-11(16-17-12)13(18)15-2/h3-7H,1-2H3,(H,15,18)(H,19,20). The van der Waals surface area contributed by atoms with Gasteiger partial charge in [-0.3, -0.25) is 4.79 Å². The Bertz CT molecular complexity index is 686. The van der Waals surface area contributed by atoms with E-state index in [4.69, 9.17) is 5.11 Å². The number of rotatable bonds is 4. The molecular formula is C14H13N3O3S. The molecule has 0 saturated heterocycles. The molecule has 2 aromatic rings. The number of carboxylic acid groups (broad SMARTS) is 1. The number of carbonyl (C=O) groups excluding carboxylic acids is 1. The highest BCUT2D eigenvalue weighted by molar-refractivity contribution is 7.99. The molecule has 1 aromatic carbocycles. The molecule has 0 saturated carbocycles. The van der Waals surface area contributed by atoms with Crippen LogP contribution in [0, 0.1) is 6.92 Å². The minimum absolute atomic E-state index is 0.233. The van der Waals surface area contributed by atoms with Gasteiger partial charge in [-0.1, -0.05) is 17.8 Å². The lowest BCUT2D eigenvalue weighted by atomic mass is 10.1. The van der Waals surface area contributed by atoms with Gasteiger partial charge in [0, 0.05) is 11.9 Å². The summed E-state index contributed by atoms with van der Waals surface area (Å²) in [7, 11) is 1.52. The number of carbonyl (C=O) groups is 2. The number of hydrogen-bond donors (Lipinski definition) is 2. The van der Waals surface area contributed by atoms with Gasteiger partial charge in [-0.05, 0) is 36.8 Å². The van der Waals surface area contributed by atoms with Gasteiger partial charge in [0.1, 0.15) is 5.03 Å². The van der Waals surface area contributed by atoms with Gasteiger partial charge in [-0.15, -0.1) is 10.2 Å². The molecular weight excluding hydrogens is 290 g/mol. The first kappa shape index (κ1) is 15.0. The Morgan fingerprint density at radius 3 is 2.52 bits per heavy atom. The fourth-order valence-electron chi connectivity index (χ4n) is 1.64. The molecule has 21 heavy (non-hydrogen) atoms. The van der Waals surface area contributed by atoms with Crippen molar-refractivity contribution in [3.8, 4) is 0 Å². The number of aromatic nitrogens is 2. The number of aryl methyl sites for hydroxylation is 1. The van der Waals surface area contributed by atoms with E-state index in [1.165, 1.54) is 18.8 Å². The Morgan fingerprint density at radius 1 is 1.19 bits per heavy atom. The smallest absolute Gasteiger partial charge is 0.335 e. The van der Waals surface area contributed by atoms with E-state index < -0.39 is 5.97 Å². The predicted molar refractivity (Wildman–Crippen MR) is 77.7 cm³/mol. The normalized spacial score (nSPS) is 10.2. The van der Waals surface area contributed by atoms with Crippen LogP contribution in [0.25, 0.3) is 0 Å². The van der Waals surface area contributed by atoms with Crippen molar-refractivity contribution in [2.24, 2.45) is 0 Å². The molecule has 7 heteroatoms. The van der Waals surface area contributed by atoms with Crippen LogP contribution in [0.1, 0.15) is 26.4 Å². The fourth-order valence-corrected chi connectivity index (χ4v) is 2.41. The first-order valence-corrected chi connectivity index (χ1v) is 6.90. The van der Waals surface area contributed by atoms with Gasteiger partial charge in [-0.25, -0.2) is 4.79 Å². The van der Waals surface area contributed by atoms with Crippen LogP contribution in [-0.2, 0) is 0 Å². The van der Waals surface area contributed by atoms with Gasteiger partial charge in [0.25, 0.3) is 5.91 Å². The highest BCUT2D eigenvalue weighted by atomic mass is 32.2. The van der Waals surface area contributed by atoms with E-state index in [1.807, 2.05) is 6.07 Å². The maximum absolute atomic E-state index is 11.4. The van der Waals surface area contributed by atoms with Crippen molar-refractivity contribution in [3.05, 3.63) is 47.2 Å². The zero-order chi connectivity index (χ0) is 15.4. The number of aromatic carboxylic acids is 1. The maximum Gasteiger partial charge on any atom is 0.335 e. The van der Waals surface area contributed by atoms with Crippen LogP contribution < -0.4 is 5.32 Å². The molecule has 0 aliphatic heterocycles. The van der Waals surface area contributed by atoms with Gasteiger partial charge in [0.05, 0.1) is 5.56 Å². The summed E-state index contributed by atoms with van der Waals surface area (Å²) in [5, 5.41) is 19.9. The van der Waals surface area contributed by atoms with E-state index in [2.05, 4.69) is 15.5 Å². The second-order valence-corrected chi connectivity index (χ2v) is 5.31. The summed E-state index contributed by atoms with van der Waals surface area (Å²) < 4.78 is 0. The van der Waals surface area contributed by atoms with E-state index in [1.54, 1.807) is 31.2 Å². The number of carboxylic acids is 1. The average molecular weight is 303 g/mol. The van der Waals surface area contributed by atoms with Crippen molar-refractivity contribution in [2.45, 2.75) is 16.8 Å². The molecule has 108 valence electrons. The Kier molecular flexibility index (Phi) is 4.54. The third-order valence-corrected chi connectivity index (χ3v) is 3.68. The Morgan fingerprint density at radius 2 is 1.95 bits per heavy atom. The summed E-state index contributed by atoms with van der Waals surface area (Å²) in [5.41, 5.74) is 1.19. The highest BCUT2D eigenvalue weighted by Crippen LogP contribution is 2.27. The van der Waals surface area contributed by atoms with Crippen molar-refractivity contribution >= 4 is 23.6 Å². The lowest BCUT2D eigenvalue weighted by Crippen LogP contribution is -2.19. The molecule has 1 amide bonds. The molecule has 2 rings (SSSR count). The molecule has 0 aliphatic rings. The lowest BCUT2D eigenvalue weighted by molar-refractivity contribution is 0.0695. The van der Waals surface area contributed by atoms with Gasteiger partial charge >= 0.3 is 5.97 Å². The molecule has 0 unspecified atom stereocenters. The topological polar surface area (TPSA) is 92.2 Å². The number of nitrogens with one attached hydrogen (secondary N) is 1. The Hall–Kier alpha value is -2.41. The summed E-state index contributed by atoms with van der Waals surface area (Å²) in [6.07, 6.45) is 0. The van der Waals surface area contributed by atoms with E-state index in [-0.39, 0.29) is 17.2 Å². The van der Waals surface area contributed by atoms with Crippen LogP contribution in [0.2, 0.25) is 0 Å². The van der Waals surface area contributed by atoms with Crippen LogP contribution in [0.15, 0.2) is 40.3 Å². The zero-order valence-corrected chi connectivity index (χ0v) is 12.3. The van der Waals surface area contributed by atoms with E-state index in [9.17, 15) is 9.59 Å². The molecule has 0 spiro atoms. The minimum Gasteiger partial charge on any atom is -0.478 e. The van der Waals surface area contributed by atoms with Gasteiger partial charge in [-0.2, -0.15) is 0 Å². The van der Waals surface area contributed by atoms with E-state index in [0.29, 0.717) is 10.6 Å². The average Bonchev–Trinajstić information content (AvgIpc) is 2.49. The van der Waals surface area contributed by atoms with Gasteiger partial charge in [0.15, 0.2) is 5.69 Å². The molecule has 1 heterocycles. The predicted octanol–water partition coefficient (Wildman–Crippen LogP) is 1.99. The van der Waals surface area contributed by atoms with Crippen LogP contribution in [0.5, 0.6) is 0 Å². The summed E-state index contributed by atoms with van der Waals surface area (Å²) in [5.74, 6) is -1.27. The first-order chi connectivity index (χ1) is 10.0. The summed E-state index contributed by atoms with van der Waals surface area (Å²) in [6.45, 7) is 1.75. The number of benzene rings is 1. The first-order valence-electron chi connectivity index (χ1n) is 6.09. The molecule has 0 atom stereocenters. The minimum atomic E-state index is -0.962. The van der Waals surface area contributed by atoms with Crippen molar-refractivity contribution in [3.63, 3.8) is 0 Å². The van der Waals surface area contributed by atoms with E-state index >= 15 is 0 Å². The third kappa shape index (κ3) is 3.57. The monoisotopic (exact) mass is 303 g/mol. The van der Waals surface area contributed by atoms with Gasteiger partial charge in [0.2, 0.25) is 0 Å². The number of hydrogen-bond acceptors (Lipinski definition) is 5. The van der Waals surface area contributed by atoms with Crippen LogP contribution in [-0.4, -0.2) is 34.2 Å². The molecule has 0 fully saturated rings. The summed E-state index contributed by atoms with van der Waals surface area (Å²) >= 11 is 1.29. The van der Waals surface area contributed by atoms with Crippen LogP contribution in [0.4, 0.5) is 0 Å². The lowest BCUT2D eigenvalue weighted by Gasteiger charge is -2.05. The second-order valence-electron chi connectivity index (χ2n) is 4.22. The van der Waals surface area contributed by atoms with Crippen LogP contribution >= 0.6 is 11.8 Å². The van der Waals surface area contributed by atoms with Gasteiger partial charge < -0.3 is 10.4 Å². The van der Waals surface area contributed by atoms with Crippen molar-refractivity contribution in [2.75, 3.05) is 7.05 Å². The van der Waals surface area contributed by atoms with Crippen molar-refractivity contribution < 1.29 is 14.7 Å². The molecule has 2 N–H and O–H groups in total. The molecule has 1 aromatic heterocycles. The SMILES string of the molecule is CNC(=O)c1ccc(Sc2ccc(C)c(C(=O)O)c2)nn1. The number of nitrogens with zero attached hydrogens (tertiary/aromatic N) is 2. The largest absolute Gasteiger partial charge is 0.478 e. The third-order valence-electron chi connectivity index (χ3n) is 2.76. The fraction of sp³-hybridized carbons (Fsp3) is 0.143. The maximum atomic E-state index is 11.4. The Labute approximate surface area is 125 Å². The second kappa shape index (κ2) is 6.36. The molecule has 0 bridgehead atoms. The summed E-state index contributed by atoms with van der Waals surface area (Å²) in [4.78, 5) is 23.2.